The number of benzene rings is 3. The van der Waals surface area contributed by atoms with Gasteiger partial charge in [-0.25, -0.2) is 0 Å². The number of hydrogen-bond acceptors (Lipinski definition) is 5. The summed E-state index contributed by atoms with van der Waals surface area (Å²) >= 11 is 2.15. The molecule has 0 unspecified atom stereocenters. The molecular weight excluding hydrogens is 495 g/mol. The first kappa shape index (κ1) is 21.7. The number of hydrogen-bond donors (Lipinski definition) is 1. The number of phenolic OH excluding ortho intramolecular Hbond substituents is 1. The minimum atomic E-state index is -0.250. The van der Waals surface area contributed by atoms with Gasteiger partial charge in [0.2, 0.25) is 5.75 Å². The summed E-state index contributed by atoms with van der Waals surface area (Å²) in [7, 11) is 3.02. The van der Waals surface area contributed by atoms with Gasteiger partial charge in [0.25, 0.3) is 0 Å². The Kier molecular flexibility index (Phi) is 7.35. The first-order chi connectivity index (χ1) is 14.5. The third-order valence-electron chi connectivity index (χ3n) is 4.37. The van der Waals surface area contributed by atoms with E-state index < -0.39 is 0 Å². The Morgan fingerprint density at radius 1 is 1.00 bits per heavy atom. The minimum Gasteiger partial charge on any atom is -0.507 e. The predicted molar refractivity (Wildman–Crippen MR) is 125 cm³/mol. The van der Waals surface area contributed by atoms with Crippen molar-refractivity contribution in [2.75, 3.05) is 14.2 Å². The average Bonchev–Trinajstić information content (AvgIpc) is 2.78. The van der Waals surface area contributed by atoms with Crippen LogP contribution in [0.15, 0.2) is 66.7 Å². The van der Waals surface area contributed by atoms with Crippen molar-refractivity contribution in [3.63, 3.8) is 0 Å². The van der Waals surface area contributed by atoms with Crippen molar-refractivity contribution in [3.8, 4) is 23.0 Å². The van der Waals surface area contributed by atoms with Gasteiger partial charge in [-0.15, -0.1) is 0 Å². The number of ether oxygens (including phenoxy) is 3. The van der Waals surface area contributed by atoms with E-state index >= 15 is 0 Å². The highest BCUT2D eigenvalue weighted by Crippen LogP contribution is 2.39. The van der Waals surface area contributed by atoms with Crippen LogP contribution in [-0.2, 0) is 6.61 Å². The summed E-state index contributed by atoms with van der Waals surface area (Å²) < 4.78 is 17.8. The van der Waals surface area contributed by atoms with Gasteiger partial charge in [0, 0.05) is 14.7 Å². The molecule has 0 aliphatic carbocycles. The maximum absolute atomic E-state index is 12.7. The molecule has 0 saturated carbocycles. The lowest BCUT2D eigenvalue weighted by atomic mass is 10.1. The van der Waals surface area contributed by atoms with Crippen molar-refractivity contribution in [2.24, 2.45) is 0 Å². The predicted octanol–water partition coefficient (Wildman–Crippen LogP) is 5.49. The molecule has 6 heteroatoms. The Balaban J connectivity index is 1.85. The molecule has 0 bridgehead atoms. The van der Waals surface area contributed by atoms with E-state index in [-0.39, 0.29) is 11.5 Å². The number of methoxy groups -OCH3 is 2. The SMILES string of the molecule is COc1cc(C(=O)C=Cc2cc(I)ccc2O)cc(OC)c1OCc1ccccc1. The molecule has 3 rings (SSSR count). The molecule has 0 radical (unpaired) electrons. The van der Waals surface area contributed by atoms with Crippen molar-refractivity contribution in [2.45, 2.75) is 6.61 Å². The molecule has 0 saturated heterocycles. The number of allylic oxidation sites excluding steroid dienone is 1. The van der Waals surface area contributed by atoms with Crippen LogP contribution in [0, 0.1) is 3.57 Å². The normalized spacial score (nSPS) is 10.8. The molecule has 0 heterocycles. The van der Waals surface area contributed by atoms with Crippen LogP contribution in [0.2, 0.25) is 0 Å². The van der Waals surface area contributed by atoms with Crippen LogP contribution < -0.4 is 14.2 Å². The van der Waals surface area contributed by atoms with Crippen LogP contribution in [0.5, 0.6) is 23.0 Å². The lowest BCUT2D eigenvalue weighted by Crippen LogP contribution is -2.03. The van der Waals surface area contributed by atoms with E-state index in [1.165, 1.54) is 20.3 Å². The summed E-state index contributed by atoms with van der Waals surface area (Å²) in [5, 5.41) is 9.95. The zero-order valence-corrected chi connectivity index (χ0v) is 18.8. The van der Waals surface area contributed by atoms with E-state index in [0.29, 0.717) is 35.0 Å². The molecule has 154 valence electrons. The molecule has 3 aromatic carbocycles. The molecule has 0 aliphatic rings. The van der Waals surface area contributed by atoms with Gasteiger partial charge in [-0.1, -0.05) is 30.3 Å². The van der Waals surface area contributed by atoms with Gasteiger partial charge in [0.05, 0.1) is 14.2 Å². The van der Waals surface area contributed by atoms with Gasteiger partial charge in [0.1, 0.15) is 12.4 Å². The van der Waals surface area contributed by atoms with E-state index in [0.717, 1.165) is 9.13 Å². The lowest BCUT2D eigenvalue weighted by Gasteiger charge is -2.15. The van der Waals surface area contributed by atoms with E-state index in [4.69, 9.17) is 14.2 Å². The van der Waals surface area contributed by atoms with Crippen molar-refractivity contribution in [1.29, 1.82) is 0 Å². The third kappa shape index (κ3) is 5.33. The fourth-order valence-electron chi connectivity index (χ4n) is 2.81. The number of carbonyl (C=O) groups excluding carboxylic acids is 1. The second-order valence-electron chi connectivity index (χ2n) is 6.38. The van der Waals surface area contributed by atoms with Gasteiger partial charge in [0.15, 0.2) is 17.3 Å². The molecule has 0 atom stereocenters. The Labute approximate surface area is 189 Å². The van der Waals surface area contributed by atoms with Crippen molar-refractivity contribution in [1.82, 2.24) is 0 Å². The number of ketones is 1. The summed E-state index contributed by atoms with van der Waals surface area (Å²) in [5.74, 6) is 1.09. The highest BCUT2D eigenvalue weighted by Gasteiger charge is 2.17. The molecule has 0 spiro atoms. The monoisotopic (exact) mass is 516 g/mol. The highest BCUT2D eigenvalue weighted by molar-refractivity contribution is 14.1. The smallest absolute Gasteiger partial charge is 0.203 e. The molecule has 0 aliphatic heterocycles. The summed E-state index contributed by atoms with van der Waals surface area (Å²) in [5.41, 5.74) is 1.95. The van der Waals surface area contributed by atoms with Gasteiger partial charge in [-0.2, -0.15) is 0 Å². The van der Waals surface area contributed by atoms with Crippen LogP contribution in [-0.4, -0.2) is 25.1 Å². The molecule has 0 aromatic heterocycles. The van der Waals surface area contributed by atoms with Gasteiger partial charge >= 0.3 is 0 Å². The van der Waals surface area contributed by atoms with Crippen LogP contribution in [0.3, 0.4) is 0 Å². The van der Waals surface area contributed by atoms with Gasteiger partial charge in [-0.3, -0.25) is 4.79 Å². The first-order valence-electron chi connectivity index (χ1n) is 9.15. The van der Waals surface area contributed by atoms with E-state index in [2.05, 4.69) is 22.6 Å². The molecule has 3 aromatic rings. The average molecular weight is 516 g/mol. The minimum absolute atomic E-state index is 0.110. The van der Waals surface area contributed by atoms with Crippen molar-refractivity contribution in [3.05, 3.63) is 87.0 Å². The van der Waals surface area contributed by atoms with Crippen molar-refractivity contribution < 1.29 is 24.1 Å². The summed E-state index contributed by atoms with van der Waals surface area (Å²) in [6.45, 7) is 0.340. The van der Waals surface area contributed by atoms with Gasteiger partial charge < -0.3 is 19.3 Å². The number of phenols is 1. The topological polar surface area (TPSA) is 65.0 Å². The van der Waals surface area contributed by atoms with Crippen LogP contribution in [0.25, 0.3) is 6.08 Å². The number of carbonyl (C=O) groups is 1. The maximum atomic E-state index is 12.7. The second kappa shape index (κ2) is 10.2. The number of rotatable bonds is 8. The zero-order valence-electron chi connectivity index (χ0n) is 16.6. The third-order valence-corrected chi connectivity index (χ3v) is 5.05. The van der Waals surface area contributed by atoms with E-state index in [1.54, 1.807) is 36.4 Å². The number of halogens is 1. The lowest BCUT2D eigenvalue weighted by molar-refractivity contribution is 0.104. The molecule has 0 amide bonds. The molecule has 30 heavy (non-hydrogen) atoms. The molecular formula is C24H21IO5. The molecule has 5 nitrogen and oxygen atoms in total. The standard InChI is InChI=1S/C24H21IO5/c1-28-22-13-18(21(27)10-8-17-12-19(25)9-11-20(17)26)14-23(29-2)24(22)30-15-16-6-4-3-5-7-16/h3-14,26H,15H2,1-2H3. The van der Waals surface area contributed by atoms with Crippen LogP contribution >= 0.6 is 22.6 Å². The van der Waals surface area contributed by atoms with Crippen LogP contribution in [0.4, 0.5) is 0 Å². The zero-order chi connectivity index (χ0) is 21.5. The van der Waals surface area contributed by atoms with Gasteiger partial charge in [-0.05, 0) is 70.6 Å². The Morgan fingerprint density at radius 3 is 2.30 bits per heavy atom. The Morgan fingerprint density at radius 2 is 1.67 bits per heavy atom. The van der Waals surface area contributed by atoms with E-state index in [9.17, 15) is 9.90 Å². The summed E-state index contributed by atoms with van der Waals surface area (Å²) in [4.78, 5) is 12.7. The summed E-state index contributed by atoms with van der Waals surface area (Å²) in [6, 6.07) is 18.1. The van der Waals surface area contributed by atoms with Crippen molar-refractivity contribution >= 4 is 34.5 Å². The second-order valence-corrected chi connectivity index (χ2v) is 7.63. The highest BCUT2D eigenvalue weighted by atomic mass is 127. The fraction of sp³-hybridized carbons (Fsp3) is 0.125. The van der Waals surface area contributed by atoms with E-state index in [1.807, 2.05) is 30.3 Å². The quantitative estimate of drug-likeness (QED) is 0.244. The first-order valence-corrected chi connectivity index (χ1v) is 10.2. The van der Waals surface area contributed by atoms with Crippen LogP contribution in [0.1, 0.15) is 21.5 Å². The Hall–Kier alpha value is -3.00. The molecule has 1 N–H and O–H groups in total. The largest absolute Gasteiger partial charge is 0.507 e. The number of aromatic hydroxyl groups is 1. The Bertz CT molecular complexity index is 1040. The maximum Gasteiger partial charge on any atom is 0.203 e. The molecule has 0 fully saturated rings. The summed E-state index contributed by atoms with van der Waals surface area (Å²) in [6.07, 6.45) is 2.99. The fourth-order valence-corrected chi connectivity index (χ4v) is 3.33.